The van der Waals surface area contributed by atoms with Crippen molar-refractivity contribution in [2.24, 2.45) is 0 Å². The molecule has 2 rings (SSSR count). The highest BCUT2D eigenvalue weighted by molar-refractivity contribution is 6.20. The molecule has 0 aliphatic carbocycles. The van der Waals surface area contributed by atoms with Crippen molar-refractivity contribution in [2.45, 2.75) is 38.6 Å². The number of nitrogens with one attached hydrogen (secondary N) is 1. The molecule has 19 heavy (non-hydrogen) atoms. The standard InChI is InChI=1S/C14H18ClN3O/c1-9(2)12-6-4-11(5-7-12)8-16-14-18-17-13(19-14)10(3)15/h4-7,9-10H,8H2,1-3H3,(H,16,18). The minimum absolute atomic E-state index is 0.270. The van der Waals surface area contributed by atoms with Crippen molar-refractivity contribution in [3.05, 3.63) is 41.3 Å². The van der Waals surface area contributed by atoms with E-state index < -0.39 is 0 Å². The third kappa shape index (κ3) is 3.70. The van der Waals surface area contributed by atoms with Crippen molar-refractivity contribution < 1.29 is 4.42 Å². The summed E-state index contributed by atoms with van der Waals surface area (Å²) in [6.07, 6.45) is 0. The molecule has 0 bridgehead atoms. The van der Waals surface area contributed by atoms with E-state index in [1.165, 1.54) is 11.1 Å². The van der Waals surface area contributed by atoms with E-state index >= 15 is 0 Å². The number of hydrogen-bond acceptors (Lipinski definition) is 4. The van der Waals surface area contributed by atoms with Gasteiger partial charge in [0.2, 0.25) is 5.89 Å². The van der Waals surface area contributed by atoms with Gasteiger partial charge in [-0.1, -0.05) is 43.2 Å². The van der Waals surface area contributed by atoms with Crippen LogP contribution in [0.4, 0.5) is 6.01 Å². The predicted molar refractivity (Wildman–Crippen MR) is 76.4 cm³/mol. The Kier molecular flexibility index (Phi) is 4.43. The van der Waals surface area contributed by atoms with Gasteiger partial charge in [0.1, 0.15) is 5.38 Å². The Morgan fingerprint density at radius 3 is 2.37 bits per heavy atom. The normalized spacial score (nSPS) is 12.7. The zero-order chi connectivity index (χ0) is 13.8. The summed E-state index contributed by atoms with van der Waals surface area (Å²) in [6, 6.07) is 8.88. The van der Waals surface area contributed by atoms with Crippen LogP contribution in [-0.4, -0.2) is 10.2 Å². The highest BCUT2D eigenvalue weighted by Crippen LogP contribution is 2.20. The van der Waals surface area contributed by atoms with Crippen molar-refractivity contribution in [2.75, 3.05) is 5.32 Å². The second-order valence-electron chi connectivity index (χ2n) is 4.81. The molecule has 0 fully saturated rings. The van der Waals surface area contributed by atoms with Crippen molar-refractivity contribution in [1.82, 2.24) is 10.2 Å². The van der Waals surface area contributed by atoms with Crippen molar-refractivity contribution in [3.8, 4) is 0 Å². The summed E-state index contributed by atoms with van der Waals surface area (Å²) >= 11 is 5.86. The summed E-state index contributed by atoms with van der Waals surface area (Å²) in [5.74, 6) is 0.977. The Hall–Kier alpha value is -1.55. The summed E-state index contributed by atoms with van der Waals surface area (Å²) in [5.41, 5.74) is 2.50. The van der Waals surface area contributed by atoms with E-state index in [9.17, 15) is 0 Å². The number of hydrogen-bond donors (Lipinski definition) is 1. The van der Waals surface area contributed by atoms with Gasteiger partial charge in [-0.2, -0.15) is 0 Å². The molecular formula is C14H18ClN3O. The van der Waals surface area contributed by atoms with Gasteiger partial charge in [-0.3, -0.25) is 0 Å². The maximum absolute atomic E-state index is 5.86. The van der Waals surface area contributed by atoms with Crippen LogP contribution in [0, 0.1) is 0 Å². The van der Waals surface area contributed by atoms with Gasteiger partial charge in [-0.25, -0.2) is 0 Å². The Labute approximate surface area is 118 Å². The zero-order valence-corrected chi connectivity index (χ0v) is 12.1. The van der Waals surface area contributed by atoms with Gasteiger partial charge in [0.15, 0.2) is 0 Å². The van der Waals surface area contributed by atoms with Crippen LogP contribution in [0.1, 0.15) is 49.1 Å². The molecule has 0 saturated carbocycles. The second kappa shape index (κ2) is 6.06. The molecule has 1 atom stereocenters. The number of nitrogens with zero attached hydrogens (tertiary/aromatic N) is 2. The average molecular weight is 280 g/mol. The van der Waals surface area contributed by atoms with Crippen LogP contribution in [0.15, 0.2) is 28.7 Å². The smallest absolute Gasteiger partial charge is 0.315 e. The molecular weight excluding hydrogens is 262 g/mol. The maximum atomic E-state index is 5.86. The van der Waals surface area contributed by atoms with Crippen LogP contribution in [-0.2, 0) is 6.54 Å². The molecule has 0 aliphatic rings. The van der Waals surface area contributed by atoms with E-state index in [-0.39, 0.29) is 5.38 Å². The molecule has 1 aromatic carbocycles. The fourth-order valence-electron chi connectivity index (χ4n) is 1.66. The molecule has 0 spiro atoms. The summed E-state index contributed by atoms with van der Waals surface area (Å²) in [5, 5.41) is 10.6. The first kappa shape index (κ1) is 13.9. The Balaban J connectivity index is 1.94. The second-order valence-corrected chi connectivity index (χ2v) is 5.47. The van der Waals surface area contributed by atoms with Gasteiger partial charge < -0.3 is 9.73 Å². The summed E-state index contributed by atoms with van der Waals surface area (Å²) in [7, 11) is 0. The third-order valence-corrected chi connectivity index (χ3v) is 3.06. The summed E-state index contributed by atoms with van der Waals surface area (Å²) in [6.45, 7) is 6.81. The number of rotatable bonds is 5. The molecule has 1 heterocycles. The molecule has 1 N–H and O–H groups in total. The number of alkyl halides is 1. The Bertz CT molecular complexity index is 520. The first-order valence-corrected chi connectivity index (χ1v) is 6.80. The highest BCUT2D eigenvalue weighted by atomic mass is 35.5. The van der Waals surface area contributed by atoms with E-state index in [2.05, 4.69) is 53.6 Å². The largest absolute Gasteiger partial charge is 0.406 e. The predicted octanol–water partition coefficient (Wildman–Crippen LogP) is 4.10. The number of benzene rings is 1. The molecule has 0 radical (unpaired) electrons. The zero-order valence-electron chi connectivity index (χ0n) is 11.4. The minimum Gasteiger partial charge on any atom is -0.406 e. The molecule has 1 aromatic heterocycles. The van der Waals surface area contributed by atoms with E-state index in [4.69, 9.17) is 16.0 Å². The first-order chi connectivity index (χ1) is 9.06. The summed E-state index contributed by atoms with van der Waals surface area (Å²) < 4.78 is 5.36. The lowest BCUT2D eigenvalue weighted by molar-refractivity contribution is 0.505. The van der Waals surface area contributed by atoms with Gasteiger partial charge in [-0.15, -0.1) is 16.7 Å². The molecule has 5 heteroatoms. The van der Waals surface area contributed by atoms with E-state index in [0.717, 1.165) is 0 Å². The van der Waals surface area contributed by atoms with Crippen LogP contribution >= 0.6 is 11.6 Å². The molecule has 1 unspecified atom stereocenters. The van der Waals surface area contributed by atoms with E-state index in [1.807, 2.05) is 0 Å². The van der Waals surface area contributed by atoms with Crippen LogP contribution in [0.3, 0.4) is 0 Å². The van der Waals surface area contributed by atoms with Crippen molar-refractivity contribution in [3.63, 3.8) is 0 Å². The number of anilines is 1. The minimum atomic E-state index is -0.270. The number of halogens is 1. The maximum Gasteiger partial charge on any atom is 0.315 e. The molecule has 0 amide bonds. The monoisotopic (exact) mass is 279 g/mol. The number of aromatic nitrogens is 2. The van der Waals surface area contributed by atoms with Gasteiger partial charge in [0, 0.05) is 6.54 Å². The molecule has 4 nitrogen and oxygen atoms in total. The van der Waals surface area contributed by atoms with Gasteiger partial charge in [0.05, 0.1) is 0 Å². The Morgan fingerprint density at radius 1 is 1.16 bits per heavy atom. The van der Waals surface area contributed by atoms with Crippen molar-refractivity contribution >= 4 is 17.6 Å². The third-order valence-electron chi connectivity index (χ3n) is 2.87. The molecule has 0 aliphatic heterocycles. The van der Waals surface area contributed by atoms with Crippen LogP contribution < -0.4 is 5.32 Å². The SMILES string of the molecule is CC(C)c1ccc(CNc2nnc(C(C)Cl)o2)cc1. The van der Waals surface area contributed by atoms with Gasteiger partial charge >= 0.3 is 6.01 Å². The van der Waals surface area contributed by atoms with Crippen LogP contribution in [0.5, 0.6) is 0 Å². The first-order valence-electron chi connectivity index (χ1n) is 6.36. The van der Waals surface area contributed by atoms with E-state index in [1.54, 1.807) is 6.92 Å². The fraction of sp³-hybridized carbons (Fsp3) is 0.429. The topological polar surface area (TPSA) is 51.0 Å². The molecule has 2 aromatic rings. The van der Waals surface area contributed by atoms with Crippen LogP contribution in [0.2, 0.25) is 0 Å². The quantitative estimate of drug-likeness (QED) is 0.837. The lowest BCUT2D eigenvalue weighted by atomic mass is 10.0. The molecule has 0 saturated heterocycles. The Morgan fingerprint density at radius 2 is 1.84 bits per heavy atom. The van der Waals surface area contributed by atoms with Gasteiger partial charge in [-0.05, 0) is 24.0 Å². The average Bonchev–Trinajstić information content (AvgIpc) is 2.86. The lowest BCUT2D eigenvalue weighted by Crippen LogP contribution is -2.00. The summed E-state index contributed by atoms with van der Waals surface area (Å²) in [4.78, 5) is 0. The fourth-order valence-corrected chi connectivity index (χ4v) is 1.75. The van der Waals surface area contributed by atoms with Crippen LogP contribution in [0.25, 0.3) is 0 Å². The van der Waals surface area contributed by atoms with Crippen molar-refractivity contribution in [1.29, 1.82) is 0 Å². The lowest BCUT2D eigenvalue weighted by Gasteiger charge is -2.06. The highest BCUT2D eigenvalue weighted by Gasteiger charge is 2.10. The van der Waals surface area contributed by atoms with E-state index in [0.29, 0.717) is 24.4 Å². The van der Waals surface area contributed by atoms with Gasteiger partial charge in [0.25, 0.3) is 0 Å². The molecule has 102 valence electrons.